The third-order valence-electron chi connectivity index (χ3n) is 4.50. The highest BCUT2D eigenvalue weighted by atomic mass is 35.5. The minimum Gasteiger partial charge on any atom is -0.492 e. The first-order chi connectivity index (χ1) is 14.2. The Morgan fingerprint density at radius 3 is 2.41 bits per heavy atom. The van der Waals surface area contributed by atoms with Crippen LogP contribution in [0, 0.1) is 0 Å². The van der Waals surface area contributed by atoms with Crippen molar-refractivity contribution in [3.05, 3.63) is 95.5 Å². The fraction of sp³-hybridized carbons (Fsp3) is 0.0833. The van der Waals surface area contributed by atoms with E-state index < -0.39 is 0 Å². The zero-order chi connectivity index (χ0) is 20.1. The third kappa shape index (κ3) is 4.39. The van der Waals surface area contributed by atoms with Gasteiger partial charge in [0.2, 0.25) is 0 Å². The van der Waals surface area contributed by atoms with E-state index in [1.165, 1.54) is 0 Å². The van der Waals surface area contributed by atoms with E-state index in [4.69, 9.17) is 16.3 Å². The number of carbonyl (C=O) groups is 1. The zero-order valence-electron chi connectivity index (χ0n) is 15.6. The lowest BCUT2D eigenvalue weighted by Crippen LogP contribution is -2.28. The van der Waals surface area contributed by atoms with Gasteiger partial charge in [-0.3, -0.25) is 4.79 Å². The fourth-order valence-electron chi connectivity index (χ4n) is 3.10. The second-order valence-electron chi connectivity index (χ2n) is 6.47. The van der Waals surface area contributed by atoms with Gasteiger partial charge in [-0.05, 0) is 24.3 Å². The minimum absolute atomic E-state index is 0.187. The summed E-state index contributed by atoms with van der Waals surface area (Å²) in [6.07, 6.45) is 0. The lowest BCUT2D eigenvalue weighted by atomic mass is 10.0. The Balaban J connectivity index is 1.58. The van der Waals surface area contributed by atoms with Crippen LogP contribution in [0.15, 0.2) is 84.9 Å². The molecule has 0 aliphatic rings. The highest BCUT2D eigenvalue weighted by Crippen LogP contribution is 2.29. The van der Waals surface area contributed by atoms with Gasteiger partial charge in [-0.1, -0.05) is 72.3 Å². The van der Waals surface area contributed by atoms with E-state index in [9.17, 15) is 4.79 Å². The van der Waals surface area contributed by atoms with Gasteiger partial charge in [0.25, 0.3) is 5.91 Å². The Labute approximate surface area is 174 Å². The number of hydrogen-bond acceptors (Lipinski definition) is 3. The van der Waals surface area contributed by atoms with Crippen LogP contribution in [0.5, 0.6) is 5.75 Å². The lowest BCUT2D eigenvalue weighted by Gasteiger charge is -2.12. The number of hydrogen-bond donors (Lipinski definition) is 1. The number of ether oxygens (including phenoxy) is 1. The van der Waals surface area contributed by atoms with E-state index >= 15 is 0 Å². The van der Waals surface area contributed by atoms with Gasteiger partial charge in [0.15, 0.2) is 0 Å². The number of halogens is 1. The highest BCUT2D eigenvalue weighted by molar-refractivity contribution is 6.35. The molecule has 1 N–H and O–H groups in total. The molecule has 0 aliphatic heterocycles. The molecule has 0 fully saturated rings. The summed E-state index contributed by atoms with van der Waals surface area (Å²) < 4.78 is 5.64. The maximum Gasteiger partial charge on any atom is 0.252 e. The molecule has 0 aliphatic carbocycles. The van der Waals surface area contributed by atoms with E-state index in [0.29, 0.717) is 34.9 Å². The molecule has 4 aromatic rings. The quantitative estimate of drug-likeness (QED) is 0.441. The van der Waals surface area contributed by atoms with Gasteiger partial charge in [-0.15, -0.1) is 0 Å². The maximum atomic E-state index is 12.9. The number of nitrogens with one attached hydrogen (secondary N) is 1. The lowest BCUT2D eigenvalue weighted by molar-refractivity contribution is 0.0948. The van der Waals surface area contributed by atoms with Crippen LogP contribution >= 0.6 is 11.6 Å². The van der Waals surface area contributed by atoms with Gasteiger partial charge in [0.1, 0.15) is 12.4 Å². The molecular formula is C24H19ClN2O2. The van der Waals surface area contributed by atoms with E-state index in [1.54, 1.807) is 12.1 Å². The van der Waals surface area contributed by atoms with Gasteiger partial charge in [0, 0.05) is 10.9 Å². The van der Waals surface area contributed by atoms with Gasteiger partial charge >= 0.3 is 0 Å². The molecule has 1 amide bonds. The van der Waals surface area contributed by atoms with E-state index in [1.807, 2.05) is 72.8 Å². The van der Waals surface area contributed by atoms with Gasteiger partial charge in [0.05, 0.1) is 28.3 Å². The highest BCUT2D eigenvalue weighted by Gasteiger charge is 2.15. The molecule has 0 bridgehead atoms. The average molecular weight is 403 g/mol. The van der Waals surface area contributed by atoms with Gasteiger partial charge < -0.3 is 10.1 Å². The number of carbonyl (C=O) groups excluding carboxylic acids is 1. The number of pyridine rings is 1. The van der Waals surface area contributed by atoms with Crippen molar-refractivity contribution in [3.63, 3.8) is 0 Å². The molecule has 3 aromatic carbocycles. The topological polar surface area (TPSA) is 51.2 Å². The predicted octanol–water partition coefficient (Wildman–Crippen LogP) is 5.36. The summed E-state index contributed by atoms with van der Waals surface area (Å²) in [5, 5.41) is 4.16. The van der Waals surface area contributed by atoms with Crippen molar-refractivity contribution in [2.24, 2.45) is 0 Å². The normalized spacial score (nSPS) is 10.7. The molecule has 4 rings (SSSR count). The van der Waals surface area contributed by atoms with Crippen molar-refractivity contribution in [2.75, 3.05) is 13.2 Å². The first-order valence-corrected chi connectivity index (χ1v) is 9.71. The smallest absolute Gasteiger partial charge is 0.252 e. The number of benzene rings is 3. The number of para-hydroxylation sites is 2. The molecular weight excluding hydrogens is 384 g/mol. The summed E-state index contributed by atoms with van der Waals surface area (Å²) >= 11 is 6.37. The standard InChI is InChI=1S/C24H19ClN2O2/c25-21-13-7-12-19-20(16-22(27-23(19)21)17-8-3-1-4-9-17)24(28)26-14-15-29-18-10-5-2-6-11-18/h1-13,16H,14-15H2,(H,26,28). The van der Waals surface area contributed by atoms with Crippen LogP contribution in [-0.2, 0) is 0 Å². The summed E-state index contributed by atoms with van der Waals surface area (Å²) in [7, 11) is 0. The SMILES string of the molecule is O=C(NCCOc1ccccc1)c1cc(-c2ccccc2)nc2c(Cl)cccc12. The predicted molar refractivity (Wildman–Crippen MR) is 116 cm³/mol. The van der Waals surface area contributed by atoms with Gasteiger partial charge in [-0.2, -0.15) is 0 Å². The molecule has 5 heteroatoms. The second-order valence-corrected chi connectivity index (χ2v) is 6.88. The molecule has 4 nitrogen and oxygen atoms in total. The van der Waals surface area contributed by atoms with Crippen molar-refractivity contribution in [3.8, 4) is 17.0 Å². The first kappa shape index (κ1) is 19.0. The molecule has 0 atom stereocenters. The molecule has 0 saturated carbocycles. The minimum atomic E-state index is -0.187. The Kier molecular flexibility index (Phi) is 5.73. The number of nitrogens with zero attached hydrogens (tertiary/aromatic N) is 1. The van der Waals surface area contributed by atoms with Crippen molar-refractivity contribution in [1.82, 2.24) is 10.3 Å². The first-order valence-electron chi connectivity index (χ1n) is 9.33. The van der Waals surface area contributed by atoms with Crippen molar-refractivity contribution < 1.29 is 9.53 Å². The third-order valence-corrected chi connectivity index (χ3v) is 4.81. The summed E-state index contributed by atoms with van der Waals surface area (Å²) in [5.41, 5.74) is 2.78. The van der Waals surface area contributed by atoms with Crippen LogP contribution in [0.1, 0.15) is 10.4 Å². The van der Waals surface area contributed by atoms with Crippen LogP contribution in [-0.4, -0.2) is 24.0 Å². The van der Waals surface area contributed by atoms with E-state index in [-0.39, 0.29) is 5.91 Å². The van der Waals surface area contributed by atoms with Crippen LogP contribution in [0.4, 0.5) is 0 Å². The van der Waals surface area contributed by atoms with Crippen LogP contribution in [0.2, 0.25) is 5.02 Å². The second kappa shape index (κ2) is 8.76. The van der Waals surface area contributed by atoms with Gasteiger partial charge in [-0.25, -0.2) is 4.98 Å². The molecule has 1 aromatic heterocycles. The van der Waals surface area contributed by atoms with Crippen molar-refractivity contribution in [1.29, 1.82) is 0 Å². The maximum absolute atomic E-state index is 12.9. The Morgan fingerprint density at radius 1 is 0.931 bits per heavy atom. The Bertz CT molecular complexity index is 1130. The molecule has 0 spiro atoms. The summed E-state index contributed by atoms with van der Waals surface area (Å²) in [6, 6.07) is 26.5. The van der Waals surface area contributed by atoms with Crippen molar-refractivity contribution in [2.45, 2.75) is 0 Å². The molecule has 0 unspecified atom stereocenters. The zero-order valence-corrected chi connectivity index (χ0v) is 16.4. The van der Waals surface area contributed by atoms with Crippen LogP contribution in [0.3, 0.4) is 0 Å². The van der Waals surface area contributed by atoms with Crippen molar-refractivity contribution >= 4 is 28.4 Å². The van der Waals surface area contributed by atoms with Crippen LogP contribution < -0.4 is 10.1 Å². The monoisotopic (exact) mass is 402 g/mol. The molecule has 0 saturated heterocycles. The molecule has 0 radical (unpaired) electrons. The molecule has 1 heterocycles. The largest absolute Gasteiger partial charge is 0.492 e. The number of fused-ring (bicyclic) bond motifs is 1. The molecule has 144 valence electrons. The number of rotatable bonds is 6. The average Bonchev–Trinajstić information content (AvgIpc) is 2.77. The summed E-state index contributed by atoms with van der Waals surface area (Å²) in [4.78, 5) is 17.6. The van der Waals surface area contributed by atoms with Crippen LogP contribution in [0.25, 0.3) is 22.2 Å². The molecule has 29 heavy (non-hydrogen) atoms. The van der Waals surface area contributed by atoms with E-state index in [2.05, 4.69) is 10.3 Å². The summed E-state index contributed by atoms with van der Waals surface area (Å²) in [5.74, 6) is 0.586. The Morgan fingerprint density at radius 2 is 1.66 bits per heavy atom. The Hall–Kier alpha value is -3.37. The number of amides is 1. The fourth-order valence-corrected chi connectivity index (χ4v) is 3.32. The summed E-state index contributed by atoms with van der Waals surface area (Å²) in [6.45, 7) is 0.768. The van der Waals surface area contributed by atoms with E-state index in [0.717, 1.165) is 16.7 Å². The number of aromatic nitrogens is 1.